The van der Waals surface area contributed by atoms with Crippen molar-refractivity contribution in [3.63, 3.8) is 0 Å². The van der Waals surface area contributed by atoms with Gasteiger partial charge in [0.1, 0.15) is 0 Å². The minimum atomic E-state index is -0.115. The maximum Gasteiger partial charge on any atom is 0.314 e. The van der Waals surface area contributed by atoms with Crippen LogP contribution in [0.5, 0.6) is 0 Å². The molecule has 14 heavy (non-hydrogen) atoms. The summed E-state index contributed by atoms with van der Waals surface area (Å²) in [5, 5.41) is 5.52. The predicted octanol–water partition coefficient (Wildman–Crippen LogP) is -0.661. The molecule has 0 spiro atoms. The van der Waals surface area contributed by atoms with E-state index in [9.17, 15) is 4.79 Å². The number of carbonyl (C=O) groups is 1. The molecule has 1 rings (SSSR count). The van der Waals surface area contributed by atoms with E-state index >= 15 is 0 Å². The lowest BCUT2D eigenvalue weighted by Gasteiger charge is -2.19. The molecule has 1 fully saturated rings. The Morgan fingerprint density at radius 2 is 2.36 bits per heavy atom. The number of likely N-dealkylation sites (tertiary alicyclic amines) is 1. The second kappa shape index (κ2) is 5.82. The van der Waals surface area contributed by atoms with Gasteiger partial charge in [-0.1, -0.05) is 0 Å². The molecule has 0 aliphatic carbocycles. The van der Waals surface area contributed by atoms with Crippen molar-refractivity contribution in [3.05, 3.63) is 0 Å². The third kappa shape index (κ3) is 3.51. The number of rotatable bonds is 4. The zero-order chi connectivity index (χ0) is 10.4. The molecule has 1 unspecified atom stereocenters. The van der Waals surface area contributed by atoms with Crippen molar-refractivity contribution in [2.45, 2.75) is 18.9 Å². The lowest BCUT2D eigenvalue weighted by atomic mass is 10.2. The number of likely N-dealkylation sites (N-methyl/N-ethyl adjacent to an activating group) is 1. The quantitative estimate of drug-likeness (QED) is 0.564. The van der Waals surface area contributed by atoms with Gasteiger partial charge in [0.15, 0.2) is 0 Å². The molecule has 0 bridgehead atoms. The summed E-state index contributed by atoms with van der Waals surface area (Å²) < 4.78 is 0. The van der Waals surface area contributed by atoms with E-state index in [4.69, 9.17) is 5.73 Å². The van der Waals surface area contributed by atoms with Gasteiger partial charge >= 0.3 is 6.03 Å². The average Bonchev–Trinajstić information content (AvgIpc) is 2.58. The van der Waals surface area contributed by atoms with Crippen molar-refractivity contribution in [2.24, 2.45) is 5.73 Å². The van der Waals surface area contributed by atoms with Crippen LogP contribution in [0.3, 0.4) is 0 Å². The topological polar surface area (TPSA) is 70.4 Å². The van der Waals surface area contributed by atoms with E-state index in [0.717, 1.165) is 13.1 Å². The summed E-state index contributed by atoms with van der Waals surface area (Å²) in [5.74, 6) is 0. The highest BCUT2D eigenvalue weighted by Crippen LogP contribution is 2.13. The first-order chi connectivity index (χ1) is 6.74. The van der Waals surface area contributed by atoms with E-state index in [1.165, 1.54) is 12.8 Å². The summed E-state index contributed by atoms with van der Waals surface area (Å²) in [6, 6.07) is 0.384. The fourth-order valence-electron chi connectivity index (χ4n) is 1.70. The summed E-state index contributed by atoms with van der Waals surface area (Å²) in [4.78, 5) is 13.4. The third-order valence-electron chi connectivity index (χ3n) is 2.60. The molecular formula is C9H20N4O. The Morgan fingerprint density at radius 1 is 1.57 bits per heavy atom. The van der Waals surface area contributed by atoms with Crippen molar-refractivity contribution in [2.75, 3.05) is 33.2 Å². The minimum Gasteiger partial charge on any atom is -0.337 e. The van der Waals surface area contributed by atoms with E-state index in [1.54, 1.807) is 0 Å². The molecule has 82 valence electrons. The molecule has 5 nitrogen and oxygen atoms in total. The van der Waals surface area contributed by atoms with Crippen molar-refractivity contribution in [1.82, 2.24) is 15.5 Å². The van der Waals surface area contributed by atoms with Crippen LogP contribution in [-0.2, 0) is 0 Å². The molecular weight excluding hydrogens is 180 g/mol. The van der Waals surface area contributed by atoms with Crippen molar-refractivity contribution in [3.8, 4) is 0 Å². The van der Waals surface area contributed by atoms with Crippen LogP contribution in [-0.4, -0.2) is 50.2 Å². The normalized spacial score (nSPS) is 22.3. The molecule has 0 radical (unpaired) electrons. The first-order valence-electron chi connectivity index (χ1n) is 5.16. The van der Waals surface area contributed by atoms with E-state index < -0.39 is 0 Å². The summed E-state index contributed by atoms with van der Waals surface area (Å²) in [6.45, 7) is 2.88. The maximum atomic E-state index is 11.2. The molecule has 0 aromatic rings. The van der Waals surface area contributed by atoms with Crippen LogP contribution in [0, 0.1) is 0 Å². The third-order valence-corrected chi connectivity index (χ3v) is 2.60. The van der Waals surface area contributed by atoms with Gasteiger partial charge in [-0.15, -0.1) is 0 Å². The maximum absolute atomic E-state index is 11.2. The van der Waals surface area contributed by atoms with Gasteiger partial charge in [0.05, 0.1) is 0 Å². The van der Waals surface area contributed by atoms with Gasteiger partial charge in [-0.2, -0.15) is 0 Å². The number of hydrogen-bond donors (Lipinski definition) is 3. The number of urea groups is 1. The molecule has 0 saturated carbocycles. The lowest BCUT2D eigenvalue weighted by molar-refractivity contribution is 0.235. The van der Waals surface area contributed by atoms with Gasteiger partial charge in [-0.3, -0.25) is 0 Å². The van der Waals surface area contributed by atoms with Gasteiger partial charge in [-0.25, -0.2) is 4.79 Å². The van der Waals surface area contributed by atoms with Crippen LogP contribution in [0.1, 0.15) is 12.8 Å². The lowest BCUT2D eigenvalue weighted by Crippen LogP contribution is -2.44. The summed E-state index contributed by atoms with van der Waals surface area (Å²) in [5.41, 5.74) is 5.27. The van der Waals surface area contributed by atoms with Crippen LogP contribution in [0.2, 0.25) is 0 Å². The number of hydrogen-bond acceptors (Lipinski definition) is 3. The van der Waals surface area contributed by atoms with Crippen LogP contribution in [0.4, 0.5) is 4.79 Å². The molecule has 4 N–H and O–H groups in total. The fraction of sp³-hybridized carbons (Fsp3) is 0.889. The van der Waals surface area contributed by atoms with Crippen LogP contribution in [0.25, 0.3) is 0 Å². The standard InChI is InChI=1S/C9H20N4O/c1-13-6-2-3-8(13)7-12-9(14)11-5-4-10/h8H,2-7,10H2,1H3,(H2,11,12,14). The molecule has 1 aliphatic heterocycles. The molecule has 2 amide bonds. The molecule has 0 aromatic heterocycles. The SMILES string of the molecule is CN1CCCC1CNC(=O)NCCN. The zero-order valence-corrected chi connectivity index (χ0v) is 8.75. The predicted molar refractivity (Wildman–Crippen MR) is 56.1 cm³/mol. The van der Waals surface area contributed by atoms with Crippen LogP contribution in [0.15, 0.2) is 0 Å². The highest BCUT2D eigenvalue weighted by atomic mass is 16.2. The summed E-state index contributed by atoms with van der Waals surface area (Å²) in [6.07, 6.45) is 2.40. The number of carbonyl (C=O) groups excluding carboxylic acids is 1. The Morgan fingerprint density at radius 3 is 2.93 bits per heavy atom. The largest absolute Gasteiger partial charge is 0.337 e. The minimum absolute atomic E-state index is 0.115. The monoisotopic (exact) mass is 200 g/mol. The Hall–Kier alpha value is -0.810. The second-order valence-corrected chi connectivity index (χ2v) is 3.70. The van der Waals surface area contributed by atoms with Crippen LogP contribution >= 0.6 is 0 Å². The Balaban J connectivity index is 2.10. The molecule has 0 aromatic carbocycles. The van der Waals surface area contributed by atoms with Crippen molar-refractivity contribution < 1.29 is 4.79 Å². The Kier molecular flexibility index (Phi) is 4.69. The molecule has 1 saturated heterocycles. The Bertz CT molecular complexity index is 186. The highest BCUT2D eigenvalue weighted by Gasteiger charge is 2.20. The first-order valence-corrected chi connectivity index (χ1v) is 5.16. The van der Waals surface area contributed by atoms with Gasteiger partial charge in [0.2, 0.25) is 0 Å². The molecule has 1 aliphatic rings. The Labute approximate surface area is 85.0 Å². The van der Waals surface area contributed by atoms with Gasteiger partial charge in [0, 0.05) is 25.7 Å². The average molecular weight is 200 g/mol. The van der Waals surface area contributed by atoms with Gasteiger partial charge < -0.3 is 21.3 Å². The van der Waals surface area contributed by atoms with Gasteiger partial charge in [0.25, 0.3) is 0 Å². The number of nitrogens with two attached hydrogens (primary N) is 1. The molecule has 1 atom stereocenters. The van der Waals surface area contributed by atoms with Crippen molar-refractivity contribution >= 4 is 6.03 Å². The molecule has 1 heterocycles. The van der Waals surface area contributed by atoms with E-state index in [0.29, 0.717) is 19.1 Å². The number of nitrogens with zero attached hydrogens (tertiary/aromatic N) is 1. The van der Waals surface area contributed by atoms with E-state index in [2.05, 4.69) is 22.6 Å². The first kappa shape index (κ1) is 11.3. The summed E-state index contributed by atoms with van der Waals surface area (Å²) >= 11 is 0. The smallest absolute Gasteiger partial charge is 0.314 e. The fourth-order valence-corrected chi connectivity index (χ4v) is 1.70. The van der Waals surface area contributed by atoms with E-state index in [-0.39, 0.29) is 6.03 Å². The molecule has 5 heteroatoms. The van der Waals surface area contributed by atoms with E-state index in [1.807, 2.05) is 0 Å². The summed E-state index contributed by atoms with van der Waals surface area (Å²) in [7, 11) is 2.09. The number of amides is 2. The zero-order valence-electron chi connectivity index (χ0n) is 8.75. The second-order valence-electron chi connectivity index (χ2n) is 3.70. The highest BCUT2D eigenvalue weighted by molar-refractivity contribution is 5.73. The number of nitrogens with one attached hydrogen (secondary N) is 2. The van der Waals surface area contributed by atoms with Gasteiger partial charge in [-0.05, 0) is 26.4 Å². The van der Waals surface area contributed by atoms with Crippen molar-refractivity contribution in [1.29, 1.82) is 0 Å². The van der Waals surface area contributed by atoms with Crippen LogP contribution < -0.4 is 16.4 Å².